The first kappa shape index (κ1) is 18.5. The van der Waals surface area contributed by atoms with Gasteiger partial charge in [0.05, 0.1) is 0 Å². The molecule has 1 aliphatic rings. The van der Waals surface area contributed by atoms with Crippen LogP contribution in [0, 0.1) is 12.8 Å². The van der Waals surface area contributed by atoms with Crippen LogP contribution in [-0.4, -0.2) is 30.7 Å². The van der Waals surface area contributed by atoms with Gasteiger partial charge in [0, 0.05) is 12.1 Å². The van der Waals surface area contributed by atoms with Crippen LogP contribution in [0.2, 0.25) is 0 Å². The Balaban J connectivity index is 0.00000208. The molecule has 24 heavy (non-hydrogen) atoms. The number of halogens is 1. The fraction of sp³-hybridized carbons (Fsp3) is 0.444. The molecule has 0 saturated carbocycles. The van der Waals surface area contributed by atoms with E-state index < -0.39 is 0 Å². The van der Waals surface area contributed by atoms with Gasteiger partial charge in [-0.2, -0.15) is 0 Å². The molecule has 1 unspecified atom stereocenters. The normalized spacial score (nSPS) is 17.1. The Bertz CT molecular complexity index is 652. The third-order valence-electron chi connectivity index (χ3n) is 4.37. The first-order valence-electron chi connectivity index (χ1n) is 8.26. The maximum absolute atomic E-state index is 12.5. The van der Waals surface area contributed by atoms with Gasteiger partial charge in [-0.1, -0.05) is 35.5 Å². The maximum Gasteiger partial charge on any atom is 0.257 e. The van der Waals surface area contributed by atoms with Crippen molar-refractivity contribution in [2.75, 3.05) is 19.6 Å². The van der Waals surface area contributed by atoms with E-state index >= 15 is 0 Å². The third kappa shape index (κ3) is 4.36. The molecule has 6 heteroatoms. The molecule has 1 aromatic heterocycles. The summed E-state index contributed by atoms with van der Waals surface area (Å²) in [4.78, 5) is 12.5. The number of piperidine rings is 1. The zero-order valence-corrected chi connectivity index (χ0v) is 14.7. The number of hydrogen-bond acceptors (Lipinski definition) is 4. The number of amides is 1. The smallest absolute Gasteiger partial charge is 0.257 e. The van der Waals surface area contributed by atoms with Crippen molar-refractivity contribution in [3.8, 4) is 11.3 Å². The monoisotopic (exact) mass is 349 g/mol. The molecule has 1 atom stereocenters. The predicted octanol–water partition coefficient (Wildman–Crippen LogP) is 3.19. The van der Waals surface area contributed by atoms with Crippen molar-refractivity contribution in [3.05, 3.63) is 41.7 Å². The molecule has 2 aromatic rings. The number of hydrogen-bond donors (Lipinski definition) is 2. The number of carbonyl (C=O) groups excluding carboxylic acids is 1. The molecular formula is C18H24ClN3O2. The number of nitrogens with one attached hydrogen (secondary N) is 2. The van der Waals surface area contributed by atoms with Crippen LogP contribution in [0.25, 0.3) is 11.3 Å². The molecule has 5 nitrogen and oxygen atoms in total. The molecule has 3 rings (SSSR count). The number of aromatic nitrogens is 1. The summed E-state index contributed by atoms with van der Waals surface area (Å²) < 4.78 is 5.25. The minimum Gasteiger partial charge on any atom is -0.360 e. The van der Waals surface area contributed by atoms with E-state index in [0.717, 1.165) is 25.1 Å². The van der Waals surface area contributed by atoms with Crippen molar-refractivity contribution in [1.82, 2.24) is 15.8 Å². The van der Waals surface area contributed by atoms with E-state index in [-0.39, 0.29) is 18.3 Å². The quantitative estimate of drug-likeness (QED) is 0.870. The van der Waals surface area contributed by atoms with Crippen LogP contribution < -0.4 is 10.6 Å². The summed E-state index contributed by atoms with van der Waals surface area (Å²) in [5, 5.41) is 10.5. The lowest BCUT2D eigenvalue weighted by Crippen LogP contribution is -2.33. The highest BCUT2D eigenvalue weighted by Gasteiger charge is 2.21. The zero-order valence-electron chi connectivity index (χ0n) is 13.9. The SMILES string of the molecule is Cc1onc(-c2ccccc2)c1C(=O)NCCC1CCCNC1.Cl. The number of rotatable bonds is 5. The van der Waals surface area contributed by atoms with Crippen LogP contribution in [0.1, 0.15) is 35.4 Å². The molecule has 2 heterocycles. The molecule has 2 N–H and O–H groups in total. The number of nitrogens with zero attached hydrogens (tertiary/aromatic N) is 1. The molecule has 1 aliphatic heterocycles. The maximum atomic E-state index is 12.5. The molecule has 0 radical (unpaired) electrons. The number of carbonyl (C=O) groups is 1. The molecule has 1 fully saturated rings. The molecule has 0 bridgehead atoms. The summed E-state index contributed by atoms with van der Waals surface area (Å²) in [5.74, 6) is 1.10. The van der Waals surface area contributed by atoms with Gasteiger partial charge in [0.25, 0.3) is 5.91 Å². The van der Waals surface area contributed by atoms with E-state index in [4.69, 9.17) is 4.52 Å². The van der Waals surface area contributed by atoms with Crippen molar-refractivity contribution in [1.29, 1.82) is 0 Å². The highest BCUT2D eigenvalue weighted by Crippen LogP contribution is 2.25. The van der Waals surface area contributed by atoms with Gasteiger partial charge >= 0.3 is 0 Å². The van der Waals surface area contributed by atoms with Crippen molar-refractivity contribution in [2.45, 2.75) is 26.2 Å². The summed E-state index contributed by atoms with van der Waals surface area (Å²) >= 11 is 0. The van der Waals surface area contributed by atoms with Gasteiger partial charge in [-0.25, -0.2) is 0 Å². The first-order chi connectivity index (χ1) is 11.3. The largest absolute Gasteiger partial charge is 0.360 e. The second kappa shape index (κ2) is 8.85. The standard InChI is InChI=1S/C18H23N3O2.ClH/c1-13-16(17(21-23-13)15-7-3-2-4-8-15)18(22)20-11-9-14-6-5-10-19-12-14;/h2-4,7-8,14,19H,5-6,9-12H2,1H3,(H,20,22);1H. The summed E-state index contributed by atoms with van der Waals surface area (Å²) in [6.07, 6.45) is 3.47. The van der Waals surface area contributed by atoms with Gasteiger partial charge in [0.15, 0.2) is 0 Å². The van der Waals surface area contributed by atoms with E-state index in [9.17, 15) is 4.79 Å². The molecule has 1 aromatic carbocycles. The van der Waals surface area contributed by atoms with Crippen LogP contribution >= 0.6 is 12.4 Å². The number of benzene rings is 1. The Morgan fingerprint density at radius 3 is 2.88 bits per heavy atom. The molecule has 0 spiro atoms. The second-order valence-corrected chi connectivity index (χ2v) is 6.09. The van der Waals surface area contributed by atoms with Crippen molar-refractivity contribution < 1.29 is 9.32 Å². The molecular weight excluding hydrogens is 326 g/mol. The minimum atomic E-state index is -0.105. The van der Waals surface area contributed by atoms with Crippen LogP contribution in [-0.2, 0) is 0 Å². The second-order valence-electron chi connectivity index (χ2n) is 6.09. The van der Waals surface area contributed by atoms with Crippen LogP contribution in [0.3, 0.4) is 0 Å². The third-order valence-corrected chi connectivity index (χ3v) is 4.37. The average molecular weight is 350 g/mol. The Kier molecular flexibility index (Phi) is 6.82. The zero-order chi connectivity index (χ0) is 16.1. The summed E-state index contributed by atoms with van der Waals surface area (Å²) in [5.41, 5.74) is 2.05. The molecule has 0 aliphatic carbocycles. The van der Waals surface area contributed by atoms with E-state index in [2.05, 4.69) is 15.8 Å². The first-order valence-corrected chi connectivity index (χ1v) is 8.26. The Labute approximate surface area is 148 Å². The van der Waals surface area contributed by atoms with Gasteiger partial charge in [0.1, 0.15) is 17.0 Å². The van der Waals surface area contributed by atoms with Crippen molar-refractivity contribution in [2.24, 2.45) is 5.92 Å². The van der Waals surface area contributed by atoms with Gasteiger partial charge in [0.2, 0.25) is 0 Å². The lowest BCUT2D eigenvalue weighted by molar-refractivity contribution is 0.0949. The molecule has 1 saturated heterocycles. The Morgan fingerprint density at radius 2 is 2.17 bits per heavy atom. The Hall–Kier alpha value is -1.85. The van der Waals surface area contributed by atoms with Crippen LogP contribution in [0.4, 0.5) is 0 Å². The predicted molar refractivity (Wildman–Crippen MR) is 96.5 cm³/mol. The van der Waals surface area contributed by atoms with Gasteiger partial charge < -0.3 is 15.2 Å². The van der Waals surface area contributed by atoms with Crippen molar-refractivity contribution in [3.63, 3.8) is 0 Å². The fourth-order valence-corrected chi connectivity index (χ4v) is 3.08. The minimum absolute atomic E-state index is 0. The van der Waals surface area contributed by atoms with Crippen molar-refractivity contribution >= 4 is 18.3 Å². The van der Waals surface area contributed by atoms with E-state index in [1.54, 1.807) is 6.92 Å². The average Bonchev–Trinajstić information content (AvgIpc) is 2.98. The lowest BCUT2D eigenvalue weighted by Gasteiger charge is -2.22. The highest BCUT2D eigenvalue weighted by atomic mass is 35.5. The Morgan fingerprint density at radius 1 is 1.38 bits per heavy atom. The highest BCUT2D eigenvalue weighted by molar-refractivity contribution is 6.00. The van der Waals surface area contributed by atoms with Crippen LogP contribution in [0.5, 0.6) is 0 Å². The van der Waals surface area contributed by atoms with E-state index in [1.165, 1.54) is 12.8 Å². The van der Waals surface area contributed by atoms with Gasteiger partial charge in [-0.05, 0) is 45.2 Å². The summed E-state index contributed by atoms with van der Waals surface area (Å²) in [6, 6.07) is 9.66. The lowest BCUT2D eigenvalue weighted by atomic mass is 9.96. The number of aryl methyl sites for hydroxylation is 1. The fourth-order valence-electron chi connectivity index (χ4n) is 3.08. The summed E-state index contributed by atoms with van der Waals surface area (Å²) in [7, 11) is 0. The van der Waals surface area contributed by atoms with Gasteiger partial charge in [-0.15, -0.1) is 12.4 Å². The van der Waals surface area contributed by atoms with Crippen LogP contribution in [0.15, 0.2) is 34.9 Å². The van der Waals surface area contributed by atoms with E-state index in [0.29, 0.717) is 29.5 Å². The topological polar surface area (TPSA) is 67.2 Å². The van der Waals surface area contributed by atoms with Gasteiger partial charge in [-0.3, -0.25) is 4.79 Å². The van der Waals surface area contributed by atoms with E-state index in [1.807, 2.05) is 30.3 Å². The molecule has 1 amide bonds. The summed E-state index contributed by atoms with van der Waals surface area (Å²) in [6.45, 7) is 4.63. The molecule has 130 valence electrons.